The van der Waals surface area contributed by atoms with Gasteiger partial charge < -0.3 is 5.11 Å². The molecular weight excluding hydrogens is 440 g/mol. The fourth-order valence-corrected chi connectivity index (χ4v) is 5.05. The molecule has 0 atom stereocenters. The predicted octanol–water partition coefficient (Wildman–Crippen LogP) is 4.08. The lowest BCUT2D eigenvalue weighted by molar-refractivity contribution is -0.118. The minimum atomic E-state index is -1.05. The molecule has 0 fully saturated rings. The smallest absolute Gasteiger partial charge is 0.336 e. The molecule has 1 amide bonds. The molecule has 30 heavy (non-hydrogen) atoms. The number of nitrogens with one attached hydrogen (secondary N) is 1. The van der Waals surface area contributed by atoms with Crippen LogP contribution in [0.2, 0.25) is 0 Å². The van der Waals surface area contributed by atoms with Gasteiger partial charge >= 0.3 is 5.97 Å². The maximum absolute atomic E-state index is 12.0. The van der Waals surface area contributed by atoms with Crippen molar-refractivity contribution in [2.24, 2.45) is 5.10 Å². The summed E-state index contributed by atoms with van der Waals surface area (Å²) in [4.78, 5) is 23.1. The van der Waals surface area contributed by atoms with Crippen LogP contribution in [0.5, 0.6) is 0 Å². The summed E-state index contributed by atoms with van der Waals surface area (Å²) in [5, 5.41) is 21.2. The first-order valence-corrected chi connectivity index (χ1v) is 11.6. The zero-order chi connectivity index (χ0) is 21.3. The molecule has 0 radical (unpaired) electrons. The lowest BCUT2D eigenvalue weighted by Crippen LogP contribution is -2.19. The Balaban J connectivity index is 1.44. The van der Waals surface area contributed by atoms with Gasteiger partial charge in [0.25, 0.3) is 5.91 Å². The van der Waals surface area contributed by atoms with Gasteiger partial charge in [0.2, 0.25) is 0 Å². The number of aromatic nitrogens is 2. The Morgan fingerprint density at radius 2 is 1.80 bits per heavy atom. The minimum Gasteiger partial charge on any atom is -0.478 e. The van der Waals surface area contributed by atoms with Crippen molar-refractivity contribution in [1.29, 1.82) is 0 Å². The standard InChI is InChI=1S/C20H18N4O3S3/c1-13-6-8-14(9-7-13)11-28-19-23-24-20(30-19)29-12-17(25)22-21-10-15-4-2-3-5-16(15)18(26)27/h2-10H,11-12H2,1H3,(H,22,25)(H,26,27)/b21-10-. The van der Waals surface area contributed by atoms with Gasteiger partial charge in [-0.3, -0.25) is 4.79 Å². The molecule has 154 valence electrons. The third-order valence-corrected chi connectivity index (χ3v) is 7.04. The number of carboxylic acids is 1. The number of nitrogens with zero attached hydrogens (tertiary/aromatic N) is 3. The number of carboxylic acid groups (broad SMARTS) is 1. The molecular formula is C20H18N4O3S3. The zero-order valence-corrected chi connectivity index (χ0v) is 18.4. The molecule has 10 heteroatoms. The summed E-state index contributed by atoms with van der Waals surface area (Å²) in [6.07, 6.45) is 1.32. The SMILES string of the molecule is Cc1ccc(CSc2nnc(SCC(=O)N/N=C\c3ccccc3C(=O)O)s2)cc1. The minimum absolute atomic E-state index is 0.120. The van der Waals surface area contributed by atoms with Gasteiger partial charge in [-0.2, -0.15) is 5.10 Å². The van der Waals surface area contributed by atoms with Gasteiger partial charge in [-0.05, 0) is 18.6 Å². The van der Waals surface area contributed by atoms with Crippen LogP contribution in [0.15, 0.2) is 62.3 Å². The second-order valence-electron chi connectivity index (χ2n) is 6.08. The molecule has 1 heterocycles. The van der Waals surface area contributed by atoms with Gasteiger partial charge in [0, 0.05) is 11.3 Å². The van der Waals surface area contributed by atoms with E-state index in [2.05, 4.69) is 51.9 Å². The molecule has 3 rings (SSSR count). The van der Waals surface area contributed by atoms with Crippen molar-refractivity contribution in [2.45, 2.75) is 21.4 Å². The van der Waals surface area contributed by atoms with Crippen molar-refractivity contribution in [1.82, 2.24) is 15.6 Å². The fourth-order valence-electron chi connectivity index (χ4n) is 2.28. The summed E-state index contributed by atoms with van der Waals surface area (Å²) in [7, 11) is 0. The summed E-state index contributed by atoms with van der Waals surface area (Å²) in [6, 6.07) is 14.8. The Kier molecular flexibility index (Phi) is 8.00. The number of aromatic carboxylic acids is 1. The van der Waals surface area contributed by atoms with Crippen molar-refractivity contribution in [3.8, 4) is 0 Å². The Labute approximate surface area is 186 Å². The van der Waals surface area contributed by atoms with Crippen molar-refractivity contribution >= 4 is 53.0 Å². The summed E-state index contributed by atoms with van der Waals surface area (Å²) in [6.45, 7) is 2.06. The first-order chi connectivity index (χ1) is 14.5. The average Bonchev–Trinajstić information content (AvgIpc) is 3.20. The second kappa shape index (κ2) is 10.9. The molecule has 0 bridgehead atoms. The molecule has 0 aliphatic carbocycles. The molecule has 0 aliphatic heterocycles. The van der Waals surface area contributed by atoms with Crippen LogP contribution in [-0.4, -0.2) is 39.1 Å². The lowest BCUT2D eigenvalue weighted by Gasteiger charge is -2.00. The van der Waals surface area contributed by atoms with Crippen molar-refractivity contribution in [3.63, 3.8) is 0 Å². The third-order valence-electron chi connectivity index (χ3n) is 3.78. The van der Waals surface area contributed by atoms with Gasteiger partial charge in [-0.1, -0.05) is 82.9 Å². The van der Waals surface area contributed by atoms with Crippen LogP contribution in [0.3, 0.4) is 0 Å². The highest BCUT2D eigenvalue weighted by Gasteiger charge is 2.09. The van der Waals surface area contributed by atoms with Crippen LogP contribution in [0.1, 0.15) is 27.0 Å². The summed E-state index contributed by atoms with van der Waals surface area (Å²) < 4.78 is 1.55. The number of hydrogen-bond acceptors (Lipinski definition) is 8. The topological polar surface area (TPSA) is 105 Å². The Morgan fingerprint density at radius 3 is 2.53 bits per heavy atom. The van der Waals surface area contributed by atoms with Crippen LogP contribution in [-0.2, 0) is 10.5 Å². The molecule has 2 N–H and O–H groups in total. The van der Waals surface area contributed by atoms with E-state index in [-0.39, 0.29) is 17.2 Å². The van der Waals surface area contributed by atoms with Gasteiger partial charge in [0.05, 0.1) is 17.5 Å². The van der Waals surface area contributed by atoms with E-state index >= 15 is 0 Å². The molecule has 1 aromatic heterocycles. The van der Waals surface area contributed by atoms with Crippen LogP contribution < -0.4 is 5.43 Å². The lowest BCUT2D eigenvalue weighted by atomic mass is 10.1. The summed E-state index contributed by atoms with van der Waals surface area (Å²) >= 11 is 4.33. The Morgan fingerprint density at radius 1 is 1.10 bits per heavy atom. The highest BCUT2D eigenvalue weighted by Crippen LogP contribution is 2.30. The first-order valence-electron chi connectivity index (χ1n) is 8.80. The number of benzene rings is 2. The molecule has 7 nitrogen and oxygen atoms in total. The highest BCUT2D eigenvalue weighted by atomic mass is 32.2. The van der Waals surface area contributed by atoms with Crippen molar-refractivity contribution < 1.29 is 14.7 Å². The largest absolute Gasteiger partial charge is 0.478 e. The van der Waals surface area contributed by atoms with Crippen molar-refractivity contribution in [2.75, 3.05) is 5.75 Å². The van der Waals surface area contributed by atoms with E-state index in [9.17, 15) is 9.59 Å². The number of carbonyl (C=O) groups is 2. The second-order valence-corrected chi connectivity index (χ2v) is 9.50. The maximum Gasteiger partial charge on any atom is 0.336 e. The van der Waals surface area contributed by atoms with Gasteiger partial charge in [0.1, 0.15) is 0 Å². The highest BCUT2D eigenvalue weighted by molar-refractivity contribution is 8.03. The summed E-state index contributed by atoms with van der Waals surface area (Å²) in [5.41, 5.74) is 5.38. The van der Waals surface area contributed by atoms with E-state index in [1.807, 2.05) is 0 Å². The number of amides is 1. The molecule has 0 unspecified atom stereocenters. The number of hydrazone groups is 1. The van der Waals surface area contributed by atoms with Gasteiger partial charge in [-0.25, -0.2) is 10.2 Å². The van der Waals surface area contributed by atoms with Crippen molar-refractivity contribution in [3.05, 3.63) is 70.8 Å². The van der Waals surface area contributed by atoms with Crippen LogP contribution >= 0.6 is 34.9 Å². The number of rotatable bonds is 9. The number of carbonyl (C=O) groups excluding carboxylic acids is 1. The molecule has 3 aromatic rings. The van der Waals surface area contributed by atoms with Crippen LogP contribution in [0, 0.1) is 6.92 Å². The van der Waals surface area contributed by atoms with Crippen LogP contribution in [0.25, 0.3) is 0 Å². The molecule has 0 spiro atoms. The van der Waals surface area contributed by atoms with Gasteiger partial charge in [0.15, 0.2) is 8.68 Å². The monoisotopic (exact) mass is 458 g/mol. The van der Waals surface area contributed by atoms with E-state index in [1.165, 1.54) is 46.5 Å². The zero-order valence-electron chi connectivity index (χ0n) is 15.9. The van der Waals surface area contributed by atoms with E-state index in [0.717, 1.165) is 10.1 Å². The van der Waals surface area contributed by atoms with Crippen LogP contribution in [0.4, 0.5) is 0 Å². The molecule has 0 saturated carbocycles. The molecule has 0 aliphatic rings. The average molecular weight is 459 g/mol. The maximum atomic E-state index is 12.0. The fraction of sp³-hybridized carbons (Fsp3) is 0.150. The first kappa shape index (κ1) is 22.0. The van der Waals surface area contributed by atoms with E-state index in [4.69, 9.17) is 5.11 Å². The van der Waals surface area contributed by atoms with Gasteiger partial charge in [-0.15, -0.1) is 10.2 Å². The number of aryl methyl sites for hydroxylation is 1. The van der Waals surface area contributed by atoms with E-state index in [1.54, 1.807) is 30.0 Å². The quantitative estimate of drug-likeness (QED) is 0.283. The predicted molar refractivity (Wildman–Crippen MR) is 121 cm³/mol. The third kappa shape index (κ3) is 6.68. The van der Waals surface area contributed by atoms with E-state index < -0.39 is 5.97 Å². The Hall–Kier alpha value is -2.69. The normalized spacial score (nSPS) is 11.0. The molecule has 0 saturated heterocycles. The number of hydrogen-bond donors (Lipinski definition) is 2. The van der Waals surface area contributed by atoms with E-state index in [0.29, 0.717) is 9.90 Å². The Bertz CT molecular complexity index is 1050. The summed E-state index contributed by atoms with van der Waals surface area (Å²) in [5.74, 6) is -0.415. The molecule has 2 aromatic carbocycles. The number of thioether (sulfide) groups is 2.